The molecule has 3 heterocycles. The van der Waals surface area contributed by atoms with Crippen LogP contribution in [0.1, 0.15) is 86.5 Å². The molecule has 1 aromatic carbocycles. The van der Waals surface area contributed by atoms with Crippen molar-refractivity contribution in [3.63, 3.8) is 0 Å². The fourth-order valence-electron chi connectivity index (χ4n) is 5.78. The lowest BCUT2D eigenvalue weighted by molar-refractivity contribution is 0.213. The van der Waals surface area contributed by atoms with Gasteiger partial charge in [-0.1, -0.05) is 52.7 Å². The molecule has 0 amide bonds. The zero-order valence-corrected chi connectivity index (χ0v) is 24.9. The van der Waals surface area contributed by atoms with Crippen molar-refractivity contribution in [2.24, 2.45) is 16.3 Å². The lowest BCUT2D eigenvalue weighted by atomic mass is 9.86. The lowest BCUT2D eigenvalue weighted by Gasteiger charge is -2.33. The Morgan fingerprint density at radius 3 is 2.61 bits per heavy atom. The van der Waals surface area contributed by atoms with Gasteiger partial charge in [0.25, 0.3) is 0 Å². The molecule has 0 spiro atoms. The summed E-state index contributed by atoms with van der Waals surface area (Å²) in [6.45, 7) is 20.2. The van der Waals surface area contributed by atoms with E-state index in [1.807, 2.05) is 0 Å². The summed E-state index contributed by atoms with van der Waals surface area (Å²) in [4.78, 5) is 12.5. The first-order valence-corrected chi connectivity index (χ1v) is 15.1. The Balaban J connectivity index is 1.27. The Bertz CT molecular complexity index is 1100. The van der Waals surface area contributed by atoms with Crippen LogP contribution in [-0.4, -0.2) is 58.9 Å². The molecule has 4 rings (SSSR count). The highest BCUT2D eigenvalue weighted by Gasteiger charge is 2.23. The summed E-state index contributed by atoms with van der Waals surface area (Å²) in [6.07, 6.45) is 8.49. The van der Waals surface area contributed by atoms with Crippen LogP contribution < -0.4 is 10.6 Å². The van der Waals surface area contributed by atoms with E-state index in [4.69, 9.17) is 9.98 Å². The van der Waals surface area contributed by atoms with Gasteiger partial charge in [0, 0.05) is 44.5 Å². The van der Waals surface area contributed by atoms with Crippen molar-refractivity contribution >= 4 is 22.7 Å². The van der Waals surface area contributed by atoms with E-state index in [2.05, 4.69) is 85.9 Å². The van der Waals surface area contributed by atoms with Gasteiger partial charge in [0.05, 0.1) is 23.3 Å². The van der Waals surface area contributed by atoms with E-state index >= 15 is 0 Å². The monoisotopic (exact) mass is 520 g/mol. The Kier molecular flexibility index (Phi) is 10.1. The highest BCUT2D eigenvalue weighted by molar-refractivity contribution is 5.84. The van der Waals surface area contributed by atoms with Gasteiger partial charge in [-0.3, -0.25) is 4.99 Å². The molecule has 0 radical (unpaired) electrons. The maximum absolute atomic E-state index is 5.01. The number of para-hydroxylation sites is 2. The molecule has 38 heavy (non-hydrogen) atoms. The number of imidazole rings is 1. The average molecular weight is 521 g/mol. The predicted molar refractivity (Wildman–Crippen MR) is 163 cm³/mol. The van der Waals surface area contributed by atoms with Crippen molar-refractivity contribution < 1.29 is 0 Å². The summed E-state index contributed by atoms with van der Waals surface area (Å²) in [5.74, 6) is 1.80. The van der Waals surface area contributed by atoms with E-state index < -0.39 is 0 Å². The zero-order chi connectivity index (χ0) is 27.1. The predicted octanol–water partition coefficient (Wildman–Crippen LogP) is 6.88. The number of fused-ring (bicyclic) bond motifs is 1. The van der Waals surface area contributed by atoms with E-state index in [1.54, 1.807) is 0 Å². The number of hydrogen-bond donors (Lipinski definition) is 2. The second kappa shape index (κ2) is 13.3. The molecule has 0 unspecified atom stereocenters. The first-order valence-electron chi connectivity index (χ1n) is 15.1. The number of hydrogen-bond acceptors (Lipinski definition) is 5. The summed E-state index contributed by atoms with van der Waals surface area (Å²) in [5.41, 5.74) is 6.46. The van der Waals surface area contributed by atoms with Crippen molar-refractivity contribution in [3.05, 3.63) is 35.5 Å². The quantitative estimate of drug-likeness (QED) is 0.283. The maximum Gasteiger partial charge on any atom is 0.204 e. The number of aliphatic imine (C=N–C) groups is 1. The summed E-state index contributed by atoms with van der Waals surface area (Å²) in [7, 11) is 0. The highest BCUT2D eigenvalue weighted by Crippen LogP contribution is 2.27. The number of nitrogens with zero attached hydrogens (tertiary/aromatic N) is 4. The van der Waals surface area contributed by atoms with Crippen LogP contribution in [0.4, 0.5) is 5.95 Å². The normalized spacial score (nSPS) is 18.0. The number of allylic oxidation sites excluding steroid dienone is 2. The molecular formula is C32H52N6. The minimum Gasteiger partial charge on any atom is -0.353 e. The molecule has 0 saturated carbocycles. The molecule has 6 heteroatoms. The third-order valence-corrected chi connectivity index (χ3v) is 8.41. The molecule has 0 atom stereocenters. The summed E-state index contributed by atoms with van der Waals surface area (Å²) in [6, 6.07) is 8.95. The van der Waals surface area contributed by atoms with Crippen LogP contribution in [0.3, 0.4) is 0 Å². The minimum atomic E-state index is 0.382. The number of piperidine rings is 1. The first kappa shape index (κ1) is 28.8. The maximum atomic E-state index is 5.01. The standard InChI is InChI=1S/C32H52N6/c1-24(2)10-9-17-32(5,6)23-33-18-21-37-19-15-27(16-20-37)35-31-36-28-11-7-8-12-30(28)38(31)22-29-25(3)13-14-26(4)34-29/h7-8,11-12,24,27,33H,9-10,13-23H2,1-6H3,(H,35,36). The Morgan fingerprint density at radius 1 is 1.08 bits per heavy atom. The number of rotatable bonds is 13. The van der Waals surface area contributed by atoms with Gasteiger partial charge in [-0.15, -0.1) is 0 Å². The van der Waals surface area contributed by atoms with E-state index in [0.29, 0.717) is 11.5 Å². The first-order chi connectivity index (χ1) is 18.2. The van der Waals surface area contributed by atoms with Crippen molar-refractivity contribution in [3.8, 4) is 0 Å². The molecule has 0 bridgehead atoms. The molecule has 0 aliphatic carbocycles. The van der Waals surface area contributed by atoms with Crippen LogP contribution in [0.25, 0.3) is 11.0 Å². The van der Waals surface area contributed by atoms with E-state index in [1.165, 1.54) is 41.8 Å². The Labute approximate surface area is 231 Å². The van der Waals surface area contributed by atoms with E-state index in [-0.39, 0.29) is 0 Å². The van der Waals surface area contributed by atoms with E-state index in [9.17, 15) is 0 Å². The smallest absolute Gasteiger partial charge is 0.204 e. The van der Waals surface area contributed by atoms with Gasteiger partial charge in [0.2, 0.25) is 5.95 Å². The molecule has 2 aromatic rings. The fraction of sp³-hybridized carbons (Fsp3) is 0.688. The van der Waals surface area contributed by atoms with Crippen LogP contribution in [-0.2, 0) is 6.54 Å². The van der Waals surface area contributed by atoms with Crippen LogP contribution in [0.5, 0.6) is 0 Å². The molecular weight excluding hydrogens is 468 g/mol. The summed E-state index contributed by atoms with van der Waals surface area (Å²) >= 11 is 0. The molecule has 1 fully saturated rings. The minimum absolute atomic E-state index is 0.382. The molecule has 2 aliphatic rings. The van der Waals surface area contributed by atoms with Gasteiger partial charge >= 0.3 is 0 Å². The molecule has 2 N–H and O–H groups in total. The third kappa shape index (κ3) is 8.16. The van der Waals surface area contributed by atoms with Gasteiger partial charge < -0.3 is 20.1 Å². The highest BCUT2D eigenvalue weighted by atomic mass is 15.2. The molecule has 6 nitrogen and oxygen atoms in total. The average Bonchev–Trinajstić information content (AvgIpc) is 3.21. The van der Waals surface area contributed by atoms with Crippen molar-refractivity contribution in [1.29, 1.82) is 0 Å². The lowest BCUT2D eigenvalue weighted by Crippen LogP contribution is -2.43. The number of nitrogens with one attached hydrogen (secondary N) is 2. The largest absolute Gasteiger partial charge is 0.353 e. The van der Waals surface area contributed by atoms with Crippen LogP contribution in [0, 0.1) is 11.3 Å². The van der Waals surface area contributed by atoms with Crippen LogP contribution >= 0.6 is 0 Å². The van der Waals surface area contributed by atoms with Crippen molar-refractivity contribution in [2.45, 2.75) is 99.1 Å². The summed E-state index contributed by atoms with van der Waals surface area (Å²) < 4.78 is 2.34. The van der Waals surface area contributed by atoms with Crippen LogP contribution in [0.2, 0.25) is 0 Å². The number of anilines is 1. The van der Waals surface area contributed by atoms with E-state index in [0.717, 1.165) is 82.3 Å². The second-order valence-corrected chi connectivity index (χ2v) is 13.0. The number of aromatic nitrogens is 2. The summed E-state index contributed by atoms with van der Waals surface area (Å²) in [5, 5.41) is 7.57. The van der Waals surface area contributed by atoms with Gasteiger partial charge in [-0.25, -0.2) is 4.98 Å². The SMILES string of the molecule is CC1=NC(Cn2c(NC3CCN(CCNCC(C)(C)CCCC(C)C)CC3)nc3ccccc32)=C(C)CC1. The fourth-order valence-corrected chi connectivity index (χ4v) is 5.78. The van der Waals surface area contributed by atoms with Gasteiger partial charge in [-0.2, -0.15) is 0 Å². The molecule has 1 aromatic heterocycles. The number of benzene rings is 1. The second-order valence-electron chi connectivity index (χ2n) is 13.0. The van der Waals surface area contributed by atoms with Gasteiger partial charge in [0.15, 0.2) is 0 Å². The molecule has 210 valence electrons. The van der Waals surface area contributed by atoms with Crippen molar-refractivity contribution in [2.75, 3.05) is 38.0 Å². The number of likely N-dealkylation sites (tertiary alicyclic amines) is 1. The topological polar surface area (TPSA) is 57.5 Å². The third-order valence-electron chi connectivity index (χ3n) is 8.41. The molecule has 1 saturated heterocycles. The van der Waals surface area contributed by atoms with Gasteiger partial charge in [0.1, 0.15) is 0 Å². The van der Waals surface area contributed by atoms with Crippen molar-refractivity contribution in [1.82, 2.24) is 19.8 Å². The Morgan fingerprint density at radius 2 is 1.84 bits per heavy atom. The van der Waals surface area contributed by atoms with Gasteiger partial charge in [-0.05, 0) is 75.0 Å². The Hall–Kier alpha value is -2.18. The zero-order valence-electron chi connectivity index (χ0n) is 24.9. The molecule has 2 aliphatic heterocycles. The van der Waals surface area contributed by atoms with Crippen LogP contribution in [0.15, 0.2) is 40.5 Å².